The molecule has 2 atom stereocenters. The number of carbonyl (C=O) groups is 1. The van der Waals surface area contributed by atoms with Crippen LogP contribution in [0.25, 0.3) is 0 Å². The van der Waals surface area contributed by atoms with E-state index in [0.717, 1.165) is 12.1 Å². The van der Waals surface area contributed by atoms with Gasteiger partial charge in [-0.05, 0) is 18.6 Å². The predicted octanol–water partition coefficient (Wildman–Crippen LogP) is 0.849. The zero-order chi connectivity index (χ0) is 18.0. The lowest BCUT2D eigenvalue weighted by molar-refractivity contribution is -0.139. The fraction of sp³-hybridized carbons (Fsp3) is 0.429. The summed E-state index contributed by atoms with van der Waals surface area (Å²) in [6, 6.07) is 4.82. The second-order valence-corrected chi connectivity index (χ2v) is 7.43. The van der Waals surface area contributed by atoms with Gasteiger partial charge in [-0.25, -0.2) is 8.42 Å². The lowest BCUT2D eigenvalue weighted by atomic mass is 10.2. The zero-order valence-electron chi connectivity index (χ0n) is 12.3. The number of hydrogen-bond donors (Lipinski definition) is 2. The van der Waals surface area contributed by atoms with Gasteiger partial charge in [0.05, 0.1) is 27.8 Å². The van der Waals surface area contributed by atoms with E-state index in [9.17, 15) is 26.4 Å². The fourth-order valence-corrected chi connectivity index (χ4v) is 4.40. The van der Waals surface area contributed by atoms with Crippen molar-refractivity contribution in [3.8, 4) is 6.07 Å². The van der Waals surface area contributed by atoms with Gasteiger partial charge in [0, 0.05) is 6.54 Å². The second-order valence-electron chi connectivity index (χ2n) is 5.23. The molecule has 1 aliphatic heterocycles. The molecule has 6 nitrogen and oxygen atoms in total. The van der Waals surface area contributed by atoms with Gasteiger partial charge in [-0.3, -0.25) is 4.79 Å². The summed E-state index contributed by atoms with van der Waals surface area (Å²) in [6.45, 7) is -0.371. The summed E-state index contributed by atoms with van der Waals surface area (Å²) in [5.74, 6) is -0.557. The van der Waals surface area contributed by atoms with Crippen LogP contribution in [0.1, 0.15) is 12.0 Å². The molecule has 1 aliphatic rings. The highest BCUT2D eigenvalue weighted by Crippen LogP contribution is 2.36. The predicted molar refractivity (Wildman–Crippen MR) is 77.4 cm³/mol. The van der Waals surface area contributed by atoms with Gasteiger partial charge in [-0.1, -0.05) is 12.1 Å². The van der Waals surface area contributed by atoms with Crippen molar-refractivity contribution < 1.29 is 26.4 Å². The van der Waals surface area contributed by atoms with Crippen LogP contribution in [0.3, 0.4) is 0 Å². The molecule has 1 saturated heterocycles. The first-order valence-electron chi connectivity index (χ1n) is 6.96. The number of amides is 1. The van der Waals surface area contributed by atoms with E-state index in [4.69, 9.17) is 5.26 Å². The minimum absolute atomic E-state index is 0.140. The second kappa shape index (κ2) is 6.78. The van der Waals surface area contributed by atoms with Gasteiger partial charge < -0.3 is 10.6 Å². The minimum Gasteiger partial charge on any atom is -0.342 e. The Morgan fingerprint density at radius 2 is 2.04 bits per heavy atom. The Morgan fingerprint density at radius 1 is 1.38 bits per heavy atom. The van der Waals surface area contributed by atoms with Crippen LogP contribution < -0.4 is 10.6 Å². The lowest BCUT2D eigenvalue weighted by Crippen LogP contribution is -2.40. The third kappa shape index (κ3) is 3.68. The van der Waals surface area contributed by atoms with Gasteiger partial charge in [0.1, 0.15) is 6.54 Å². The minimum atomic E-state index is -4.79. The molecule has 1 heterocycles. The van der Waals surface area contributed by atoms with Crippen molar-refractivity contribution in [3.05, 3.63) is 29.8 Å². The van der Waals surface area contributed by atoms with Crippen LogP contribution >= 0.6 is 0 Å². The summed E-state index contributed by atoms with van der Waals surface area (Å²) in [4.78, 5) is 11.0. The SMILES string of the molecule is N#CCNC(=O)[C@@H]1C[C@@H](S(=O)(=O)c2ccccc2C(F)(F)F)CN1. The molecule has 0 radical (unpaired) electrons. The molecule has 0 bridgehead atoms. The molecule has 0 aromatic heterocycles. The first-order chi connectivity index (χ1) is 11.2. The van der Waals surface area contributed by atoms with E-state index in [1.165, 1.54) is 6.07 Å². The van der Waals surface area contributed by atoms with Gasteiger partial charge in [0.15, 0.2) is 9.84 Å². The number of alkyl halides is 3. The van der Waals surface area contributed by atoms with Gasteiger partial charge >= 0.3 is 6.18 Å². The van der Waals surface area contributed by atoms with Crippen LogP contribution in [0.15, 0.2) is 29.2 Å². The van der Waals surface area contributed by atoms with Crippen LogP contribution in [0, 0.1) is 11.3 Å². The topological polar surface area (TPSA) is 99.1 Å². The molecule has 1 aromatic rings. The normalized spacial score (nSPS) is 21.2. The number of hydrogen-bond acceptors (Lipinski definition) is 5. The molecule has 2 rings (SSSR count). The summed E-state index contributed by atoms with van der Waals surface area (Å²) in [6.07, 6.45) is -4.95. The van der Waals surface area contributed by atoms with Crippen molar-refractivity contribution in [1.82, 2.24) is 10.6 Å². The summed E-state index contributed by atoms with van der Waals surface area (Å²) in [5.41, 5.74) is -1.22. The smallest absolute Gasteiger partial charge is 0.342 e. The van der Waals surface area contributed by atoms with E-state index in [1.54, 1.807) is 6.07 Å². The molecule has 0 saturated carbocycles. The molecule has 130 valence electrons. The van der Waals surface area contributed by atoms with E-state index in [1.807, 2.05) is 0 Å². The van der Waals surface area contributed by atoms with E-state index in [2.05, 4.69) is 10.6 Å². The fourth-order valence-electron chi connectivity index (χ4n) is 2.52. The largest absolute Gasteiger partial charge is 0.417 e. The van der Waals surface area contributed by atoms with Crippen LogP contribution in [0.2, 0.25) is 0 Å². The number of benzene rings is 1. The van der Waals surface area contributed by atoms with Crippen molar-refractivity contribution in [2.45, 2.75) is 28.8 Å². The molecule has 1 amide bonds. The van der Waals surface area contributed by atoms with Crippen LogP contribution in [0.5, 0.6) is 0 Å². The lowest BCUT2D eigenvalue weighted by Gasteiger charge is -2.16. The first-order valence-corrected chi connectivity index (χ1v) is 8.50. The first kappa shape index (κ1) is 18.2. The standard InChI is InChI=1S/C14H14F3N3O3S/c15-14(16,17)10-3-1-2-4-12(10)24(22,23)9-7-11(20-8-9)13(21)19-6-5-18/h1-4,9,11,20H,6-8H2,(H,19,21)/t9-,11+/m1/s1. The van der Waals surface area contributed by atoms with Gasteiger partial charge in [-0.15, -0.1) is 0 Å². The molecule has 2 N–H and O–H groups in total. The van der Waals surface area contributed by atoms with Gasteiger partial charge in [0.2, 0.25) is 5.91 Å². The quantitative estimate of drug-likeness (QED) is 0.775. The maximum atomic E-state index is 13.0. The van der Waals surface area contributed by atoms with Gasteiger partial charge in [0.25, 0.3) is 0 Å². The Hall–Kier alpha value is -2.12. The molecule has 0 spiro atoms. The molecule has 10 heteroatoms. The summed E-state index contributed by atoms with van der Waals surface area (Å²) >= 11 is 0. The Labute approximate surface area is 136 Å². The molecule has 24 heavy (non-hydrogen) atoms. The van der Waals surface area contributed by atoms with Crippen LogP contribution in [-0.2, 0) is 20.8 Å². The number of nitrogens with one attached hydrogen (secondary N) is 2. The maximum Gasteiger partial charge on any atom is 0.417 e. The zero-order valence-corrected chi connectivity index (χ0v) is 13.1. The number of rotatable bonds is 4. The summed E-state index contributed by atoms with van der Waals surface area (Å²) in [5, 5.41) is 12.2. The summed E-state index contributed by atoms with van der Waals surface area (Å²) in [7, 11) is -4.27. The number of nitriles is 1. The van der Waals surface area contributed by atoms with Crippen molar-refractivity contribution in [3.63, 3.8) is 0 Å². The van der Waals surface area contributed by atoms with Crippen molar-refractivity contribution in [1.29, 1.82) is 5.26 Å². The summed E-state index contributed by atoms with van der Waals surface area (Å²) < 4.78 is 64.2. The highest BCUT2D eigenvalue weighted by Gasteiger charge is 2.42. The van der Waals surface area contributed by atoms with Crippen molar-refractivity contribution >= 4 is 15.7 Å². The number of nitrogens with zero attached hydrogens (tertiary/aromatic N) is 1. The molecule has 0 unspecified atom stereocenters. The molecule has 1 fully saturated rings. The average molecular weight is 361 g/mol. The van der Waals surface area contributed by atoms with E-state index in [-0.39, 0.29) is 19.5 Å². The Balaban J connectivity index is 2.25. The highest BCUT2D eigenvalue weighted by molar-refractivity contribution is 7.92. The molecule has 1 aromatic carbocycles. The molecular formula is C14H14F3N3O3S. The molecule has 0 aliphatic carbocycles. The Morgan fingerprint density at radius 3 is 2.67 bits per heavy atom. The Kier molecular flexibility index (Phi) is 5.15. The van der Waals surface area contributed by atoms with E-state index >= 15 is 0 Å². The third-order valence-electron chi connectivity index (χ3n) is 3.69. The van der Waals surface area contributed by atoms with Crippen molar-refractivity contribution in [2.24, 2.45) is 0 Å². The number of halogens is 3. The highest BCUT2D eigenvalue weighted by atomic mass is 32.2. The van der Waals surface area contributed by atoms with Crippen LogP contribution in [0.4, 0.5) is 13.2 Å². The van der Waals surface area contributed by atoms with E-state index in [0.29, 0.717) is 6.07 Å². The number of carbonyl (C=O) groups excluding carboxylic acids is 1. The average Bonchev–Trinajstić information content (AvgIpc) is 3.02. The molecular weight excluding hydrogens is 347 g/mol. The van der Waals surface area contributed by atoms with E-state index < -0.39 is 43.7 Å². The van der Waals surface area contributed by atoms with Gasteiger partial charge in [-0.2, -0.15) is 18.4 Å². The van der Waals surface area contributed by atoms with Crippen molar-refractivity contribution in [2.75, 3.05) is 13.1 Å². The Bertz CT molecular complexity index is 771. The van der Waals surface area contributed by atoms with Crippen LogP contribution in [-0.4, -0.2) is 38.7 Å². The monoisotopic (exact) mass is 361 g/mol. The maximum absolute atomic E-state index is 13.0. The number of sulfone groups is 1. The third-order valence-corrected chi connectivity index (χ3v) is 5.89.